The van der Waals surface area contributed by atoms with E-state index in [1.54, 1.807) is 24.3 Å². The Bertz CT molecular complexity index is 729. The van der Waals surface area contributed by atoms with E-state index < -0.39 is 12.5 Å². The summed E-state index contributed by atoms with van der Waals surface area (Å²) in [5, 5.41) is 3.18. The summed E-state index contributed by atoms with van der Waals surface area (Å²) in [5.41, 5.74) is -0.000573. The Morgan fingerprint density at radius 1 is 1.17 bits per heavy atom. The monoisotopic (exact) mass is 439 g/mol. The SMILES string of the molecule is O=C(COc1ccc(Cl)cc1)Nc1cc(Cl)cc(Br)c1OC(F)F. The van der Waals surface area contributed by atoms with Crippen molar-refractivity contribution in [1.29, 1.82) is 0 Å². The third kappa shape index (κ3) is 5.51. The highest BCUT2D eigenvalue weighted by Gasteiger charge is 2.17. The lowest BCUT2D eigenvalue weighted by atomic mass is 10.3. The highest BCUT2D eigenvalue weighted by Crippen LogP contribution is 2.37. The highest BCUT2D eigenvalue weighted by atomic mass is 79.9. The second-order valence-electron chi connectivity index (χ2n) is 4.43. The van der Waals surface area contributed by atoms with Gasteiger partial charge in [0.25, 0.3) is 5.91 Å². The minimum Gasteiger partial charge on any atom is -0.484 e. The average molecular weight is 441 g/mol. The third-order valence-electron chi connectivity index (χ3n) is 2.67. The maximum absolute atomic E-state index is 12.5. The first-order chi connectivity index (χ1) is 11.3. The van der Waals surface area contributed by atoms with Crippen LogP contribution in [0.25, 0.3) is 0 Å². The molecule has 0 radical (unpaired) electrons. The predicted molar refractivity (Wildman–Crippen MR) is 91.4 cm³/mol. The quantitative estimate of drug-likeness (QED) is 0.656. The van der Waals surface area contributed by atoms with Gasteiger partial charge >= 0.3 is 6.61 Å². The van der Waals surface area contributed by atoms with E-state index >= 15 is 0 Å². The van der Waals surface area contributed by atoms with Crippen LogP contribution in [0.2, 0.25) is 10.0 Å². The Balaban J connectivity index is 2.06. The van der Waals surface area contributed by atoms with Crippen molar-refractivity contribution in [3.8, 4) is 11.5 Å². The van der Waals surface area contributed by atoms with Gasteiger partial charge in [0.2, 0.25) is 0 Å². The maximum Gasteiger partial charge on any atom is 0.387 e. The molecular weight excluding hydrogens is 431 g/mol. The first-order valence-corrected chi connectivity index (χ1v) is 8.02. The van der Waals surface area contributed by atoms with Crippen molar-refractivity contribution in [3.05, 3.63) is 50.9 Å². The molecule has 0 heterocycles. The minimum atomic E-state index is -3.05. The number of amides is 1. The van der Waals surface area contributed by atoms with Gasteiger partial charge in [-0.2, -0.15) is 8.78 Å². The van der Waals surface area contributed by atoms with Crippen LogP contribution in [0, 0.1) is 0 Å². The Kier molecular flexibility index (Phi) is 6.65. The number of carbonyl (C=O) groups excluding carboxylic acids is 1. The number of ether oxygens (including phenoxy) is 2. The van der Waals surface area contributed by atoms with Gasteiger partial charge in [-0.3, -0.25) is 4.79 Å². The zero-order chi connectivity index (χ0) is 17.7. The van der Waals surface area contributed by atoms with E-state index in [1.165, 1.54) is 12.1 Å². The standard InChI is InChI=1S/C15H10BrCl2F2NO3/c16-11-5-9(18)6-12(14(11)24-15(19)20)21-13(22)7-23-10-3-1-8(17)2-4-10/h1-6,15H,7H2,(H,21,22). The molecule has 0 spiro atoms. The summed E-state index contributed by atoms with van der Waals surface area (Å²) >= 11 is 14.7. The van der Waals surface area contributed by atoms with Crippen molar-refractivity contribution in [2.45, 2.75) is 6.61 Å². The summed E-state index contributed by atoms with van der Waals surface area (Å²) in [7, 11) is 0. The lowest BCUT2D eigenvalue weighted by molar-refractivity contribution is -0.118. The van der Waals surface area contributed by atoms with Crippen LogP contribution >= 0.6 is 39.1 Å². The van der Waals surface area contributed by atoms with Gasteiger partial charge in [0.1, 0.15) is 5.75 Å². The fourth-order valence-corrected chi connectivity index (χ4v) is 2.76. The molecule has 0 unspecified atom stereocenters. The molecular formula is C15H10BrCl2F2NO3. The molecule has 4 nitrogen and oxygen atoms in total. The van der Waals surface area contributed by atoms with E-state index in [2.05, 4.69) is 26.0 Å². The van der Waals surface area contributed by atoms with Crippen LogP contribution in [0.15, 0.2) is 40.9 Å². The zero-order valence-corrected chi connectivity index (χ0v) is 15.0. The predicted octanol–water partition coefficient (Wildman–Crippen LogP) is 5.37. The number of hydrogen-bond acceptors (Lipinski definition) is 3. The molecule has 0 saturated carbocycles. The summed E-state index contributed by atoms with van der Waals surface area (Å²) < 4.78 is 34.8. The summed E-state index contributed by atoms with van der Waals surface area (Å²) in [4.78, 5) is 11.9. The van der Waals surface area contributed by atoms with Crippen LogP contribution < -0.4 is 14.8 Å². The molecule has 24 heavy (non-hydrogen) atoms. The Morgan fingerprint density at radius 2 is 1.83 bits per heavy atom. The van der Waals surface area contributed by atoms with Crippen LogP contribution in [0.3, 0.4) is 0 Å². The first kappa shape index (κ1) is 18.8. The topological polar surface area (TPSA) is 47.6 Å². The van der Waals surface area contributed by atoms with Crippen molar-refractivity contribution in [2.75, 3.05) is 11.9 Å². The molecule has 2 aromatic carbocycles. The molecule has 0 atom stereocenters. The van der Waals surface area contributed by atoms with Crippen LogP contribution in [-0.2, 0) is 4.79 Å². The highest BCUT2D eigenvalue weighted by molar-refractivity contribution is 9.10. The second kappa shape index (κ2) is 8.50. The molecule has 0 aliphatic heterocycles. The van der Waals surface area contributed by atoms with Gasteiger partial charge in [-0.25, -0.2) is 0 Å². The van der Waals surface area contributed by atoms with Gasteiger partial charge in [-0.05, 0) is 52.3 Å². The largest absolute Gasteiger partial charge is 0.484 e. The Labute approximate surface area is 154 Å². The van der Waals surface area contributed by atoms with E-state index in [4.69, 9.17) is 27.9 Å². The summed E-state index contributed by atoms with van der Waals surface area (Å²) in [5.74, 6) is -0.363. The van der Waals surface area contributed by atoms with Crippen molar-refractivity contribution in [2.24, 2.45) is 0 Å². The van der Waals surface area contributed by atoms with Crippen molar-refractivity contribution < 1.29 is 23.0 Å². The van der Waals surface area contributed by atoms with Gasteiger partial charge in [0.15, 0.2) is 12.4 Å². The summed E-state index contributed by atoms with van der Waals surface area (Å²) in [6, 6.07) is 9.08. The minimum absolute atomic E-state index is 0.000573. The number of nitrogens with one attached hydrogen (secondary N) is 1. The molecule has 1 amide bonds. The molecule has 9 heteroatoms. The number of anilines is 1. The molecule has 2 aromatic rings. The van der Waals surface area contributed by atoms with Gasteiger partial charge in [0, 0.05) is 10.0 Å². The van der Waals surface area contributed by atoms with Crippen molar-refractivity contribution in [1.82, 2.24) is 0 Å². The molecule has 0 aliphatic carbocycles. The van der Waals surface area contributed by atoms with E-state index in [0.717, 1.165) is 0 Å². The molecule has 0 aromatic heterocycles. The molecule has 0 aliphatic rings. The fourth-order valence-electron chi connectivity index (χ4n) is 1.73. The first-order valence-electron chi connectivity index (χ1n) is 6.47. The van der Waals surface area contributed by atoms with Gasteiger partial charge in [-0.1, -0.05) is 23.2 Å². The van der Waals surface area contributed by atoms with Crippen LogP contribution in [0.5, 0.6) is 11.5 Å². The second-order valence-corrected chi connectivity index (χ2v) is 6.16. The molecule has 2 rings (SSSR count). The molecule has 1 N–H and O–H groups in total. The number of hydrogen-bond donors (Lipinski definition) is 1. The summed E-state index contributed by atoms with van der Waals surface area (Å²) in [6.07, 6.45) is 0. The van der Waals surface area contributed by atoms with Gasteiger partial charge < -0.3 is 14.8 Å². The maximum atomic E-state index is 12.5. The van der Waals surface area contributed by atoms with Gasteiger partial charge in [0.05, 0.1) is 10.2 Å². The van der Waals surface area contributed by atoms with Crippen LogP contribution in [-0.4, -0.2) is 19.1 Å². The molecule has 128 valence electrons. The lowest BCUT2D eigenvalue weighted by Gasteiger charge is -2.14. The van der Waals surface area contributed by atoms with Gasteiger partial charge in [-0.15, -0.1) is 0 Å². The number of halogens is 5. The molecule has 0 saturated heterocycles. The third-order valence-corrected chi connectivity index (χ3v) is 3.73. The van der Waals surface area contributed by atoms with E-state index in [0.29, 0.717) is 10.8 Å². The number of alkyl halides is 2. The van der Waals surface area contributed by atoms with Crippen molar-refractivity contribution >= 4 is 50.7 Å². The normalized spacial score (nSPS) is 10.6. The van der Waals surface area contributed by atoms with E-state index in [-0.39, 0.29) is 27.5 Å². The van der Waals surface area contributed by atoms with Crippen LogP contribution in [0.1, 0.15) is 0 Å². The Morgan fingerprint density at radius 3 is 2.46 bits per heavy atom. The van der Waals surface area contributed by atoms with E-state index in [1.807, 2.05) is 0 Å². The smallest absolute Gasteiger partial charge is 0.387 e. The molecule has 0 fully saturated rings. The average Bonchev–Trinajstić information content (AvgIpc) is 2.50. The zero-order valence-electron chi connectivity index (χ0n) is 11.9. The lowest BCUT2D eigenvalue weighted by Crippen LogP contribution is -2.21. The molecule has 0 bridgehead atoms. The number of benzene rings is 2. The number of rotatable bonds is 6. The van der Waals surface area contributed by atoms with E-state index in [9.17, 15) is 13.6 Å². The fraction of sp³-hybridized carbons (Fsp3) is 0.133. The number of carbonyl (C=O) groups is 1. The Hall–Kier alpha value is -1.57. The van der Waals surface area contributed by atoms with Crippen molar-refractivity contribution in [3.63, 3.8) is 0 Å². The van der Waals surface area contributed by atoms with Crippen LogP contribution in [0.4, 0.5) is 14.5 Å². The summed E-state index contributed by atoms with van der Waals surface area (Å²) in [6.45, 7) is -3.39.